The second-order valence-corrected chi connectivity index (χ2v) is 7.14. The van der Waals surface area contributed by atoms with Gasteiger partial charge in [-0.25, -0.2) is 9.97 Å². The molecule has 136 valence electrons. The molecule has 0 aromatic carbocycles. The molecule has 3 aromatic rings. The Labute approximate surface area is 151 Å². The van der Waals surface area contributed by atoms with Gasteiger partial charge in [-0.05, 0) is 45.7 Å². The lowest BCUT2D eigenvalue weighted by molar-refractivity contribution is 0.0519. The second-order valence-electron chi connectivity index (χ2n) is 7.14. The van der Waals surface area contributed by atoms with Gasteiger partial charge < -0.3 is 4.74 Å². The Balaban J connectivity index is 1.76. The molecular formula is C19H23N5O2. The topological polar surface area (TPSA) is 74.8 Å². The molecule has 0 fully saturated rings. The number of nitrogens with zero attached hydrogens (tertiary/aromatic N) is 5. The largest absolute Gasteiger partial charge is 0.486 e. The Morgan fingerprint density at radius 3 is 2.92 bits per heavy atom. The first-order valence-corrected chi connectivity index (χ1v) is 9.05. The molecule has 0 saturated heterocycles. The average molecular weight is 353 g/mol. The molecule has 4 rings (SSSR count). The standard InChI is InChI=1S/C19H23N5O2/c1-4-24-17-14(6-5-13(2)22-17)16-15(18(24)25)7-8-19(3,26-16)9-10-23-12-20-11-21-23/h5-6,11-12H,4,7-10H2,1-3H3. The van der Waals surface area contributed by atoms with Crippen LogP contribution in [0.25, 0.3) is 11.0 Å². The van der Waals surface area contributed by atoms with Gasteiger partial charge in [0.2, 0.25) is 0 Å². The number of hydrogen-bond donors (Lipinski definition) is 0. The van der Waals surface area contributed by atoms with Crippen LogP contribution < -0.4 is 10.3 Å². The Morgan fingerprint density at radius 2 is 2.19 bits per heavy atom. The minimum atomic E-state index is -0.346. The molecule has 1 unspecified atom stereocenters. The molecule has 1 aliphatic heterocycles. The van der Waals surface area contributed by atoms with Gasteiger partial charge in [0.25, 0.3) is 5.56 Å². The molecule has 0 radical (unpaired) electrons. The quantitative estimate of drug-likeness (QED) is 0.720. The number of hydrogen-bond acceptors (Lipinski definition) is 5. The summed E-state index contributed by atoms with van der Waals surface area (Å²) >= 11 is 0. The van der Waals surface area contributed by atoms with E-state index >= 15 is 0 Å². The molecule has 0 aliphatic carbocycles. The summed E-state index contributed by atoms with van der Waals surface area (Å²) in [6.07, 6.45) is 5.56. The van der Waals surface area contributed by atoms with Crippen LogP contribution in [0.2, 0.25) is 0 Å². The van der Waals surface area contributed by atoms with E-state index in [0.717, 1.165) is 36.0 Å². The number of ether oxygens (including phenoxy) is 1. The summed E-state index contributed by atoms with van der Waals surface area (Å²) < 4.78 is 10.00. The van der Waals surface area contributed by atoms with Crippen LogP contribution >= 0.6 is 0 Å². The van der Waals surface area contributed by atoms with Crippen molar-refractivity contribution in [2.75, 3.05) is 0 Å². The lowest BCUT2D eigenvalue weighted by Crippen LogP contribution is -2.40. The van der Waals surface area contributed by atoms with Crippen LogP contribution in [0.4, 0.5) is 0 Å². The summed E-state index contributed by atoms with van der Waals surface area (Å²) in [5.74, 6) is 0.703. The lowest BCUT2D eigenvalue weighted by Gasteiger charge is -2.36. The van der Waals surface area contributed by atoms with E-state index in [1.807, 2.05) is 30.7 Å². The molecule has 26 heavy (non-hydrogen) atoms. The highest BCUT2D eigenvalue weighted by atomic mass is 16.5. The molecule has 0 spiro atoms. The zero-order valence-electron chi connectivity index (χ0n) is 15.4. The van der Waals surface area contributed by atoms with E-state index in [9.17, 15) is 4.79 Å². The van der Waals surface area contributed by atoms with Crippen LogP contribution in [0.15, 0.2) is 29.6 Å². The fraction of sp³-hybridized carbons (Fsp3) is 0.474. The predicted octanol–water partition coefficient (Wildman–Crippen LogP) is 2.49. The van der Waals surface area contributed by atoms with Crippen LogP contribution in [0, 0.1) is 6.92 Å². The fourth-order valence-corrected chi connectivity index (χ4v) is 3.64. The van der Waals surface area contributed by atoms with Crippen LogP contribution in [0.5, 0.6) is 5.75 Å². The van der Waals surface area contributed by atoms with Gasteiger partial charge in [0.1, 0.15) is 29.7 Å². The average Bonchev–Trinajstić information content (AvgIpc) is 3.14. The van der Waals surface area contributed by atoms with Crippen LogP contribution in [0.1, 0.15) is 37.9 Å². The molecule has 4 heterocycles. The summed E-state index contributed by atoms with van der Waals surface area (Å²) in [6, 6.07) is 3.99. The smallest absolute Gasteiger partial charge is 0.259 e. The first kappa shape index (κ1) is 16.8. The zero-order valence-corrected chi connectivity index (χ0v) is 15.4. The maximum atomic E-state index is 12.9. The first-order chi connectivity index (χ1) is 12.5. The zero-order chi connectivity index (χ0) is 18.3. The molecule has 7 heteroatoms. The van der Waals surface area contributed by atoms with Gasteiger partial charge in [-0.3, -0.25) is 14.0 Å². The van der Waals surface area contributed by atoms with Crippen molar-refractivity contribution in [2.45, 2.75) is 58.7 Å². The highest BCUT2D eigenvalue weighted by molar-refractivity contribution is 5.84. The number of fused-ring (bicyclic) bond motifs is 3. The second kappa shape index (κ2) is 6.23. The van der Waals surface area contributed by atoms with E-state index in [0.29, 0.717) is 24.4 Å². The summed E-state index contributed by atoms with van der Waals surface area (Å²) in [6.45, 7) is 7.34. The summed E-state index contributed by atoms with van der Waals surface area (Å²) in [4.78, 5) is 21.5. The molecule has 3 aromatic heterocycles. The van der Waals surface area contributed by atoms with E-state index in [4.69, 9.17) is 4.74 Å². The summed E-state index contributed by atoms with van der Waals surface area (Å²) in [5.41, 5.74) is 2.04. The van der Waals surface area contributed by atoms with E-state index in [2.05, 4.69) is 22.0 Å². The molecular weight excluding hydrogens is 330 g/mol. The Hall–Kier alpha value is -2.70. The van der Waals surface area contributed by atoms with Crippen molar-refractivity contribution in [1.82, 2.24) is 24.3 Å². The van der Waals surface area contributed by atoms with Crippen molar-refractivity contribution < 1.29 is 4.74 Å². The van der Waals surface area contributed by atoms with E-state index in [-0.39, 0.29) is 11.2 Å². The molecule has 0 N–H and O–H groups in total. The summed E-state index contributed by atoms with van der Waals surface area (Å²) in [5, 5.41) is 5.07. The highest BCUT2D eigenvalue weighted by Gasteiger charge is 2.34. The molecule has 7 nitrogen and oxygen atoms in total. The van der Waals surface area contributed by atoms with Crippen LogP contribution in [-0.4, -0.2) is 29.9 Å². The molecule has 0 saturated carbocycles. The van der Waals surface area contributed by atoms with Gasteiger partial charge in [0.05, 0.1) is 10.9 Å². The number of aromatic nitrogens is 5. The highest BCUT2D eigenvalue weighted by Crippen LogP contribution is 2.38. The van der Waals surface area contributed by atoms with E-state index in [1.165, 1.54) is 6.33 Å². The molecule has 1 aliphatic rings. The fourth-order valence-electron chi connectivity index (χ4n) is 3.64. The Bertz CT molecular complexity index is 1010. The van der Waals surface area contributed by atoms with Gasteiger partial charge in [0, 0.05) is 25.2 Å². The minimum absolute atomic E-state index is 0.0198. The third-order valence-electron chi connectivity index (χ3n) is 5.20. The van der Waals surface area contributed by atoms with Gasteiger partial charge >= 0.3 is 0 Å². The maximum absolute atomic E-state index is 12.9. The van der Waals surface area contributed by atoms with Crippen molar-refractivity contribution in [3.63, 3.8) is 0 Å². The van der Waals surface area contributed by atoms with Gasteiger partial charge in [-0.2, -0.15) is 5.10 Å². The van der Waals surface area contributed by atoms with Crippen molar-refractivity contribution in [3.05, 3.63) is 46.4 Å². The van der Waals surface area contributed by atoms with Gasteiger partial charge in [-0.1, -0.05) is 0 Å². The van der Waals surface area contributed by atoms with Crippen molar-refractivity contribution in [3.8, 4) is 5.75 Å². The summed E-state index contributed by atoms with van der Waals surface area (Å²) in [7, 11) is 0. The molecule has 0 amide bonds. The molecule has 1 atom stereocenters. The normalized spacial score (nSPS) is 19.3. The van der Waals surface area contributed by atoms with Crippen molar-refractivity contribution in [1.29, 1.82) is 0 Å². The van der Waals surface area contributed by atoms with Crippen molar-refractivity contribution >= 4 is 11.0 Å². The van der Waals surface area contributed by atoms with E-state index in [1.54, 1.807) is 10.9 Å². The van der Waals surface area contributed by atoms with Crippen LogP contribution in [-0.2, 0) is 19.5 Å². The Kier molecular flexibility index (Phi) is 4.01. The first-order valence-electron chi connectivity index (χ1n) is 9.05. The monoisotopic (exact) mass is 353 g/mol. The SMILES string of the molecule is CCn1c(=O)c2c(c3ccc(C)nc31)OC(C)(CCn1cncn1)CC2. The third kappa shape index (κ3) is 2.77. The van der Waals surface area contributed by atoms with Gasteiger partial charge in [0.15, 0.2) is 0 Å². The lowest BCUT2D eigenvalue weighted by atomic mass is 9.89. The van der Waals surface area contributed by atoms with E-state index < -0.39 is 0 Å². The third-order valence-corrected chi connectivity index (χ3v) is 5.20. The molecule has 0 bridgehead atoms. The minimum Gasteiger partial charge on any atom is -0.486 e. The number of aryl methyl sites for hydroxylation is 3. The Morgan fingerprint density at radius 1 is 1.35 bits per heavy atom. The maximum Gasteiger partial charge on any atom is 0.259 e. The van der Waals surface area contributed by atoms with Gasteiger partial charge in [-0.15, -0.1) is 0 Å². The van der Waals surface area contributed by atoms with Crippen molar-refractivity contribution in [2.24, 2.45) is 0 Å². The number of rotatable bonds is 4. The number of pyridine rings is 2. The predicted molar refractivity (Wildman–Crippen MR) is 98.4 cm³/mol. The van der Waals surface area contributed by atoms with Crippen LogP contribution in [0.3, 0.4) is 0 Å².